The first kappa shape index (κ1) is 33.7. The van der Waals surface area contributed by atoms with Gasteiger partial charge in [-0.05, 0) is 90.9 Å². The zero-order valence-corrected chi connectivity index (χ0v) is 24.9. The summed E-state index contributed by atoms with van der Waals surface area (Å²) in [5.74, 6) is -0.163. The van der Waals surface area contributed by atoms with Crippen LogP contribution in [0.3, 0.4) is 0 Å². The zero-order valence-electron chi connectivity index (χ0n) is 23.3. The number of methoxy groups -OCH3 is 1. The number of carbonyl (C=O) groups is 2. The molecule has 0 aromatic heterocycles. The van der Waals surface area contributed by atoms with E-state index in [1.54, 1.807) is 13.8 Å². The van der Waals surface area contributed by atoms with E-state index in [-0.39, 0.29) is 34.1 Å². The van der Waals surface area contributed by atoms with Crippen molar-refractivity contribution in [2.75, 3.05) is 12.0 Å². The molecular weight excluding hydrogens is 679 g/mol. The van der Waals surface area contributed by atoms with Gasteiger partial charge in [-0.2, -0.15) is 39.5 Å². The van der Waals surface area contributed by atoms with Gasteiger partial charge in [0.25, 0.3) is 0 Å². The van der Waals surface area contributed by atoms with E-state index in [0.717, 1.165) is 18.1 Å². The van der Waals surface area contributed by atoms with Crippen LogP contribution in [0.2, 0.25) is 0 Å². The van der Waals surface area contributed by atoms with Crippen molar-refractivity contribution in [2.24, 2.45) is 5.92 Å². The molecule has 2 atom stereocenters. The van der Waals surface area contributed by atoms with Crippen molar-refractivity contribution in [3.8, 4) is 0 Å². The van der Waals surface area contributed by atoms with Gasteiger partial charge >= 0.3 is 30.7 Å². The van der Waals surface area contributed by atoms with Gasteiger partial charge in [-0.3, -0.25) is 9.80 Å². The molecule has 4 rings (SSSR count). The maximum atomic E-state index is 13.9. The van der Waals surface area contributed by atoms with Crippen molar-refractivity contribution < 1.29 is 58.6 Å². The van der Waals surface area contributed by atoms with Crippen molar-refractivity contribution >= 4 is 33.8 Å². The minimum Gasteiger partial charge on any atom is -0.453 e. The van der Waals surface area contributed by atoms with Crippen molar-refractivity contribution in [1.82, 2.24) is 4.90 Å². The minimum atomic E-state index is -5.18. The van der Waals surface area contributed by atoms with Crippen LogP contribution in [0.1, 0.15) is 67.0 Å². The summed E-state index contributed by atoms with van der Waals surface area (Å²) in [5, 5.41) is 0. The number of rotatable bonds is 5. The van der Waals surface area contributed by atoms with Gasteiger partial charge in [0.1, 0.15) is 0 Å². The van der Waals surface area contributed by atoms with Gasteiger partial charge in [-0.15, -0.1) is 0 Å². The molecule has 2 unspecified atom stereocenters. The number of hydrogen-bond donors (Lipinski definition) is 0. The third-order valence-corrected chi connectivity index (χ3v) is 7.91. The Morgan fingerprint density at radius 1 is 0.909 bits per heavy atom. The van der Waals surface area contributed by atoms with Crippen LogP contribution in [-0.4, -0.2) is 36.3 Å². The molecule has 16 heteroatoms. The van der Waals surface area contributed by atoms with Crippen LogP contribution >= 0.6 is 15.9 Å². The van der Waals surface area contributed by atoms with Crippen LogP contribution < -0.4 is 4.90 Å². The number of ether oxygens (including phenoxy) is 2. The molecule has 0 radical (unpaired) electrons. The molecular formula is C28H26BrF9N2O4. The second-order valence-corrected chi connectivity index (χ2v) is 11.7. The minimum absolute atomic E-state index is 0.0641. The van der Waals surface area contributed by atoms with E-state index in [9.17, 15) is 49.1 Å². The fraction of sp³-hybridized carbons (Fsp3) is 0.500. The Morgan fingerprint density at radius 2 is 1.43 bits per heavy atom. The summed E-state index contributed by atoms with van der Waals surface area (Å²) in [5.41, 5.74) is -5.30. The first-order chi connectivity index (χ1) is 20.2. The molecule has 2 aromatic rings. The summed E-state index contributed by atoms with van der Waals surface area (Å²) >= 11 is 3.12. The number of halogens is 10. The van der Waals surface area contributed by atoms with Crippen molar-refractivity contribution in [2.45, 2.75) is 76.4 Å². The maximum Gasteiger partial charge on any atom is 0.416 e. The Morgan fingerprint density at radius 3 is 1.89 bits per heavy atom. The van der Waals surface area contributed by atoms with Crippen LogP contribution in [0.4, 0.5) is 54.8 Å². The number of fused-ring (bicyclic) bond motifs is 1. The number of nitrogens with zero attached hydrogens (tertiary/aromatic N) is 2. The molecule has 2 aliphatic rings. The molecule has 1 aliphatic heterocycles. The summed E-state index contributed by atoms with van der Waals surface area (Å²) in [6.07, 6.45) is -16.9. The number of benzene rings is 2. The van der Waals surface area contributed by atoms with Crippen LogP contribution in [0.25, 0.3) is 0 Å². The number of hydrogen-bond acceptors (Lipinski definition) is 4. The van der Waals surface area contributed by atoms with Crippen LogP contribution in [-0.2, 0) is 34.5 Å². The Kier molecular flexibility index (Phi) is 9.17. The summed E-state index contributed by atoms with van der Waals surface area (Å²) in [7, 11) is 0.916. The highest BCUT2D eigenvalue weighted by Crippen LogP contribution is 2.52. The van der Waals surface area contributed by atoms with Gasteiger partial charge in [-0.1, -0.05) is 0 Å². The lowest BCUT2D eigenvalue weighted by atomic mass is 9.86. The van der Waals surface area contributed by atoms with E-state index < -0.39 is 77.7 Å². The number of amides is 2. The molecule has 0 saturated heterocycles. The van der Waals surface area contributed by atoms with Gasteiger partial charge in [0.05, 0.1) is 41.6 Å². The van der Waals surface area contributed by atoms with E-state index in [2.05, 4.69) is 15.9 Å². The highest BCUT2D eigenvalue weighted by molar-refractivity contribution is 9.10. The lowest BCUT2D eigenvalue weighted by molar-refractivity contribution is -0.143. The van der Waals surface area contributed by atoms with E-state index in [1.807, 2.05) is 0 Å². The molecule has 0 bridgehead atoms. The smallest absolute Gasteiger partial charge is 0.416 e. The quantitative estimate of drug-likeness (QED) is 0.291. The normalized spacial score (nSPS) is 19.1. The van der Waals surface area contributed by atoms with Gasteiger partial charge in [-0.25, -0.2) is 9.59 Å². The first-order valence-corrected chi connectivity index (χ1v) is 14.0. The van der Waals surface area contributed by atoms with Crippen molar-refractivity contribution in [3.05, 3.63) is 62.6 Å². The average Bonchev–Trinajstić information content (AvgIpc) is 3.74. The van der Waals surface area contributed by atoms with Crippen LogP contribution in [0.5, 0.6) is 0 Å². The maximum absolute atomic E-state index is 13.9. The number of alkyl halides is 9. The predicted octanol–water partition coefficient (Wildman–Crippen LogP) is 9.35. The van der Waals surface area contributed by atoms with E-state index in [0.29, 0.717) is 31.0 Å². The highest BCUT2D eigenvalue weighted by atomic mass is 79.9. The second-order valence-electron chi connectivity index (χ2n) is 10.9. The van der Waals surface area contributed by atoms with E-state index in [4.69, 9.17) is 9.47 Å². The zero-order chi connectivity index (χ0) is 32.9. The topological polar surface area (TPSA) is 59.1 Å². The molecule has 2 aromatic carbocycles. The molecule has 6 nitrogen and oxygen atoms in total. The summed E-state index contributed by atoms with van der Waals surface area (Å²) in [6.45, 7) is 2.26. The molecule has 242 valence electrons. The molecule has 44 heavy (non-hydrogen) atoms. The molecule has 1 heterocycles. The Hall–Kier alpha value is -3.17. The highest BCUT2D eigenvalue weighted by Gasteiger charge is 2.49. The van der Waals surface area contributed by atoms with Crippen molar-refractivity contribution in [3.63, 3.8) is 0 Å². The summed E-state index contributed by atoms with van der Waals surface area (Å²) in [6, 6.07) is 0.150. The van der Waals surface area contributed by atoms with Crippen LogP contribution in [0, 0.1) is 5.92 Å². The molecule has 1 saturated carbocycles. The van der Waals surface area contributed by atoms with Crippen molar-refractivity contribution in [1.29, 1.82) is 0 Å². The Bertz CT molecular complexity index is 1390. The third-order valence-electron chi connectivity index (χ3n) is 7.30. The lowest BCUT2D eigenvalue weighted by Crippen LogP contribution is -2.50. The first-order valence-electron chi connectivity index (χ1n) is 13.3. The molecule has 1 aliphatic carbocycles. The Labute approximate surface area is 254 Å². The average molecular weight is 705 g/mol. The SMILES string of the molecule is COC(=O)N(Cc1cc(C(F)(F)F)cc(C(F)(F)F)c1)C1CC(C2CC2)N(C(=O)OC(C)C)c2c(Br)cc(C(F)(F)F)cc21. The van der Waals surface area contributed by atoms with Crippen LogP contribution in [0.15, 0.2) is 34.8 Å². The lowest BCUT2D eigenvalue weighted by Gasteiger charge is -2.44. The fourth-order valence-corrected chi connectivity index (χ4v) is 5.98. The van der Waals surface area contributed by atoms with E-state index >= 15 is 0 Å². The molecule has 1 fully saturated rings. The van der Waals surface area contributed by atoms with Gasteiger partial charge in [0.15, 0.2) is 0 Å². The summed E-state index contributed by atoms with van der Waals surface area (Å²) < 4.78 is 133. The van der Waals surface area contributed by atoms with Gasteiger partial charge in [0.2, 0.25) is 0 Å². The third kappa shape index (κ3) is 7.20. The summed E-state index contributed by atoms with van der Waals surface area (Å²) in [4.78, 5) is 28.4. The van der Waals surface area contributed by atoms with E-state index in [1.165, 1.54) is 4.90 Å². The number of anilines is 1. The van der Waals surface area contributed by atoms with Gasteiger partial charge < -0.3 is 9.47 Å². The second kappa shape index (κ2) is 12.0. The predicted molar refractivity (Wildman–Crippen MR) is 142 cm³/mol. The monoisotopic (exact) mass is 704 g/mol. The number of carbonyl (C=O) groups excluding carboxylic acids is 2. The molecule has 0 spiro atoms. The standard InChI is InChI=1S/C28H26BrF9N2O4/c1-13(2)44-25(42)40-21(15-4-5-15)11-22(19-9-18(28(36,37)38)10-20(29)23(19)40)39(24(41)43-3)12-14-6-16(26(30,31)32)8-17(7-14)27(33,34)35/h6-10,13,15,21-22H,4-5,11-12H2,1-3H3. The Balaban J connectivity index is 1.93. The largest absolute Gasteiger partial charge is 0.453 e. The molecule has 0 N–H and O–H groups in total. The molecule has 2 amide bonds. The van der Waals surface area contributed by atoms with Gasteiger partial charge in [0, 0.05) is 22.6 Å². The fourth-order valence-electron chi connectivity index (χ4n) is 5.31.